The number of nitro benzene ring substituents is 1. The molecule has 2 aromatic carbocycles. The third kappa shape index (κ3) is 4.77. The number of rotatable bonds is 7. The number of likely N-dealkylation sites (N-methyl/N-ethyl adjacent to an activating group) is 1. The molecule has 23 heavy (non-hydrogen) atoms. The van der Waals surface area contributed by atoms with E-state index in [0.717, 1.165) is 5.69 Å². The van der Waals surface area contributed by atoms with Crippen molar-refractivity contribution in [1.82, 2.24) is 4.48 Å². The van der Waals surface area contributed by atoms with Crippen molar-refractivity contribution in [3.63, 3.8) is 0 Å². The fraction of sp³-hybridized carbons (Fsp3) is 0.294. The normalized spacial score (nSPS) is 12.7. The van der Waals surface area contributed by atoms with Crippen LogP contribution in [0.5, 0.6) is 5.75 Å². The van der Waals surface area contributed by atoms with Gasteiger partial charge in [-0.3, -0.25) is 14.6 Å². The van der Waals surface area contributed by atoms with Crippen LogP contribution in [0.15, 0.2) is 54.6 Å². The largest absolute Gasteiger partial charge is 0.491 e. The Morgan fingerprint density at radius 2 is 1.74 bits per heavy atom. The van der Waals surface area contributed by atoms with E-state index in [1.807, 2.05) is 44.4 Å². The minimum absolute atomic E-state index is 0.0571. The van der Waals surface area contributed by atoms with E-state index >= 15 is 0 Å². The minimum atomic E-state index is -0.652. The summed E-state index contributed by atoms with van der Waals surface area (Å²) >= 11 is 0. The molecule has 0 amide bonds. The number of hydrogen-bond acceptors (Lipinski definition) is 4. The monoisotopic (exact) mass is 317 g/mol. The molecule has 122 valence electrons. The van der Waals surface area contributed by atoms with Gasteiger partial charge in [0.15, 0.2) is 0 Å². The molecule has 0 aromatic heterocycles. The highest BCUT2D eigenvalue weighted by atomic mass is 16.6. The Balaban J connectivity index is 1.95. The number of para-hydroxylation sites is 1. The van der Waals surface area contributed by atoms with Gasteiger partial charge >= 0.3 is 0 Å². The maximum absolute atomic E-state index is 10.7. The lowest BCUT2D eigenvalue weighted by molar-refractivity contribution is -0.384. The summed E-state index contributed by atoms with van der Waals surface area (Å²) < 4.78 is 5.95. The van der Waals surface area contributed by atoms with Crippen molar-refractivity contribution in [2.45, 2.75) is 6.10 Å². The van der Waals surface area contributed by atoms with Crippen molar-refractivity contribution in [1.29, 1.82) is 0 Å². The van der Waals surface area contributed by atoms with E-state index < -0.39 is 11.0 Å². The molecule has 0 spiro atoms. The number of aliphatic hydroxyl groups excluding tert-OH is 1. The van der Waals surface area contributed by atoms with E-state index in [1.165, 1.54) is 12.1 Å². The molecule has 1 unspecified atom stereocenters. The highest BCUT2D eigenvalue weighted by molar-refractivity contribution is 5.47. The van der Waals surface area contributed by atoms with Gasteiger partial charge in [0, 0.05) is 24.3 Å². The molecule has 1 N–H and O–H groups in total. The first kappa shape index (κ1) is 16.9. The van der Waals surface area contributed by atoms with Gasteiger partial charge in [-0.1, -0.05) is 18.2 Å². The quantitative estimate of drug-likeness (QED) is 0.484. The number of ether oxygens (including phenoxy) is 1. The van der Waals surface area contributed by atoms with Gasteiger partial charge < -0.3 is 9.84 Å². The number of aliphatic hydroxyl groups is 1. The number of nitrogens with zero attached hydrogens (tertiary/aromatic N) is 2. The maximum Gasteiger partial charge on any atom is 0.269 e. The van der Waals surface area contributed by atoms with Crippen LogP contribution in [0.3, 0.4) is 0 Å². The zero-order valence-corrected chi connectivity index (χ0v) is 13.3. The maximum atomic E-state index is 10.7. The zero-order valence-electron chi connectivity index (χ0n) is 13.3. The molecule has 0 aliphatic carbocycles. The molecule has 1 atom stereocenters. The van der Waals surface area contributed by atoms with Crippen molar-refractivity contribution >= 4 is 11.4 Å². The van der Waals surface area contributed by atoms with Gasteiger partial charge in [0.05, 0.1) is 19.0 Å². The summed E-state index contributed by atoms with van der Waals surface area (Å²) in [7, 11) is 3.87. The molecule has 0 saturated carbocycles. The van der Waals surface area contributed by atoms with Crippen LogP contribution in [-0.4, -0.2) is 43.4 Å². The predicted molar refractivity (Wildman–Crippen MR) is 89.5 cm³/mol. The Hall–Kier alpha value is -2.44. The third-order valence-electron chi connectivity index (χ3n) is 3.61. The number of nitro groups is 1. The fourth-order valence-electron chi connectivity index (χ4n) is 2.37. The molecule has 0 radical (unpaired) electrons. The number of quaternary nitrogens is 1. The molecular weight excluding hydrogens is 296 g/mol. The number of benzene rings is 2. The Bertz CT molecular complexity index is 641. The van der Waals surface area contributed by atoms with Crippen LogP contribution in [-0.2, 0) is 0 Å². The second kappa shape index (κ2) is 7.21. The SMILES string of the molecule is C[N+](C)(CC(O)COc1ccccc1)c1ccc([N+](=O)[O-])cc1. The average molecular weight is 317 g/mol. The van der Waals surface area contributed by atoms with Crippen molar-refractivity contribution in [3.05, 3.63) is 64.7 Å². The highest BCUT2D eigenvalue weighted by Gasteiger charge is 2.24. The van der Waals surface area contributed by atoms with Gasteiger partial charge in [0.2, 0.25) is 0 Å². The summed E-state index contributed by atoms with van der Waals surface area (Å²) in [6.07, 6.45) is -0.652. The molecule has 0 saturated heterocycles. The summed E-state index contributed by atoms with van der Waals surface area (Å²) in [5.41, 5.74) is 0.941. The third-order valence-corrected chi connectivity index (χ3v) is 3.61. The minimum Gasteiger partial charge on any atom is -0.491 e. The van der Waals surface area contributed by atoms with Gasteiger partial charge in [-0.05, 0) is 12.1 Å². The molecule has 6 nitrogen and oxygen atoms in total. The lowest BCUT2D eigenvalue weighted by atomic mass is 10.2. The number of hydrogen-bond donors (Lipinski definition) is 1. The van der Waals surface area contributed by atoms with E-state index in [1.54, 1.807) is 12.1 Å². The van der Waals surface area contributed by atoms with Crippen molar-refractivity contribution in [3.8, 4) is 5.75 Å². The average Bonchev–Trinajstić information content (AvgIpc) is 2.53. The first-order valence-corrected chi connectivity index (χ1v) is 7.32. The van der Waals surface area contributed by atoms with E-state index in [0.29, 0.717) is 16.8 Å². The summed E-state index contributed by atoms with van der Waals surface area (Å²) in [5, 5.41) is 20.9. The Kier molecular flexibility index (Phi) is 5.31. The van der Waals surface area contributed by atoms with Gasteiger partial charge in [0.1, 0.15) is 30.7 Å². The van der Waals surface area contributed by atoms with E-state index in [4.69, 9.17) is 4.74 Å². The van der Waals surface area contributed by atoms with Gasteiger partial charge in [-0.15, -0.1) is 0 Å². The predicted octanol–water partition coefficient (Wildman–Crippen LogP) is 2.60. The van der Waals surface area contributed by atoms with Crippen molar-refractivity contribution in [2.75, 3.05) is 27.2 Å². The van der Waals surface area contributed by atoms with Crippen LogP contribution in [0.4, 0.5) is 11.4 Å². The summed E-state index contributed by atoms with van der Waals surface area (Å²) in [4.78, 5) is 10.3. The summed E-state index contributed by atoms with van der Waals surface area (Å²) in [6, 6.07) is 15.7. The van der Waals surface area contributed by atoms with E-state index in [9.17, 15) is 15.2 Å². The molecule has 0 heterocycles. The molecule has 6 heteroatoms. The molecular formula is C17H21N2O4+. The van der Waals surface area contributed by atoms with Crippen LogP contribution >= 0.6 is 0 Å². The molecule has 0 aliphatic rings. The second-order valence-electron chi connectivity index (χ2n) is 5.92. The van der Waals surface area contributed by atoms with Crippen LogP contribution in [0.2, 0.25) is 0 Å². The first-order chi connectivity index (χ1) is 10.9. The van der Waals surface area contributed by atoms with Crippen LogP contribution in [0.1, 0.15) is 0 Å². The lowest BCUT2D eigenvalue weighted by Gasteiger charge is -2.31. The topological polar surface area (TPSA) is 72.6 Å². The molecule has 2 aromatic rings. The summed E-state index contributed by atoms with van der Waals surface area (Å²) in [6.45, 7) is 0.628. The van der Waals surface area contributed by atoms with Crippen molar-refractivity contribution < 1.29 is 14.8 Å². The first-order valence-electron chi connectivity index (χ1n) is 7.32. The molecule has 0 bridgehead atoms. The second-order valence-corrected chi connectivity index (χ2v) is 5.92. The smallest absolute Gasteiger partial charge is 0.269 e. The molecule has 0 fully saturated rings. The molecule has 0 aliphatic heterocycles. The Morgan fingerprint density at radius 1 is 1.13 bits per heavy atom. The molecule has 2 rings (SSSR count). The number of non-ortho nitro benzene ring substituents is 1. The van der Waals surface area contributed by atoms with E-state index in [2.05, 4.69) is 0 Å². The van der Waals surface area contributed by atoms with Crippen molar-refractivity contribution in [2.24, 2.45) is 0 Å². The van der Waals surface area contributed by atoms with E-state index in [-0.39, 0.29) is 12.3 Å². The van der Waals surface area contributed by atoms with Crippen LogP contribution < -0.4 is 9.22 Å². The zero-order chi connectivity index (χ0) is 16.9. The van der Waals surface area contributed by atoms with Crippen LogP contribution in [0.25, 0.3) is 0 Å². The summed E-state index contributed by atoms with van der Waals surface area (Å²) in [5.74, 6) is 0.715. The highest BCUT2D eigenvalue weighted by Crippen LogP contribution is 2.23. The van der Waals surface area contributed by atoms with Gasteiger partial charge in [-0.25, -0.2) is 0 Å². The van der Waals surface area contributed by atoms with Crippen LogP contribution in [0, 0.1) is 10.1 Å². The Morgan fingerprint density at radius 3 is 2.30 bits per heavy atom. The standard InChI is InChI=1S/C17H21N2O4/c1-19(2,15-10-8-14(9-11-15)18(21)22)12-16(20)13-23-17-6-4-3-5-7-17/h3-11,16,20H,12-13H2,1-2H3/q+1. The van der Waals surface area contributed by atoms with Gasteiger partial charge in [0.25, 0.3) is 5.69 Å². The van der Waals surface area contributed by atoms with Gasteiger partial charge in [-0.2, -0.15) is 0 Å². The Labute approximate surface area is 135 Å². The lowest BCUT2D eigenvalue weighted by Crippen LogP contribution is -2.47. The fourth-order valence-corrected chi connectivity index (χ4v) is 2.37.